The van der Waals surface area contributed by atoms with Crippen LogP contribution in [-0.2, 0) is 5.41 Å². The fourth-order valence-electron chi connectivity index (χ4n) is 8.58. The number of oxazole rings is 1. The van der Waals surface area contributed by atoms with Crippen LogP contribution in [0.4, 0.5) is 17.1 Å². The van der Waals surface area contributed by atoms with Crippen molar-refractivity contribution in [2.24, 2.45) is 0 Å². The van der Waals surface area contributed by atoms with Gasteiger partial charge < -0.3 is 13.7 Å². The Morgan fingerprint density at radius 2 is 1.20 bits per heavy atom. The Kier molecular flexibility index (Phi) is 6.56. The molecule has 0 bridgehead atoms. The summed E-state index contributed by atoms with van der Waals surface area (Å²) in [5.41, 5.74) is 14.2. The fourth-order valence-corrected chi connectivity index (χ4v) is 8.58. The Hall–Kier alpha value is -6.91. The number of furan rings is 1. The minimum Gasteiger partial charge on any atom is -0.456 e. The molecule has 0 unspecified atom stereocenters. The number of nitrogens with zero attached hydrogens (tertiary/aromatic N) is 2. The maximum atomic E-state index is 6.86. The van der Waals surface area contributed by atoms with Gasteiger partial charge in [-0.25, -0.2) is 4.98 Å². The zero-order valence-corrected chi connectivity index (χ0v) is 29.9. The van der Waals surface area contributed by atoms with Crippen LogP contribution in [0.2, 0.25) is 0 Å². The van der Waals surface area contributed by atoms with E-state index in [0.717, 1.165) is 55.6 Å². The Bertz CT molecular complexity index is 3080. The quantitative estimate of drug-likeness (QED) is 0.180. The normalized spacial score (nSPS) is 13.1. The SMILES string of the molecule is CC1(C)c2ccccc2-c2ccc(N(c3ccc(-c4ccc5ccccc5c4)cc3)c3c4oc(-c5ccccc5)nc4cc4oc5ccccc5c34)cc21. The molecule has 0 amide bonds. The highest BCUT2D eigenvalue weighted by Gasteiger charge is 2.36. The summed E-state index contributed by atoms with van der Waals surface area (Å²) in [6.45, 7) is 4.66. The summed E-state index contributed by atoms with van der Waals surface area (Å²) >= 11 is 0. The van der Waals surface area contributed by atoms with E-state index in [4.69, 9.17) is 13.8 Å². The number of fused-ring (bicyclic) bond motifs is 8. The minimum atomic E-state index is -0.177. The molecular formula is C50H34N2O2. The Labute approximate surface area is 312 Å². The number of para-hydroxylation sites is 1. The zero-order valence-electron chi connectivity index (χ0n) is 29.9. The molecule has 256 valence electrons. The van der Waals surface area contributed by atoms with Crippen molar-refractivity contribution in [1.82, 2.24) is 4.98 Å². The number of hydrogen-bond acceptors (Lipinski definition) is 4. The van der Waals surface area contributed by atoms with Gasteiger partial charge in [-0.1, -0.05) is 129 Å². The van der Waals surface area contributed by atoms with E-state index in [2.05, 4.69) is 140 Å². The first-order valence-corrected chi connectivity index (χ1v) is 18.5. The molecule has 4 heteroatoms. The molecule has 8 aromatic carbocycles. The lowest BCUT2D eigenvalue weighted by Gasteiger charge is -2.28. The fraction of sp³-hybridized carbons (Fsp3) is 0.0600. The van der Waals surface area contributed by atoms with Gasteiger partial charge in [-0.15, -0.1) is 0 Å². The second-order valence-electron chi connectivity index (χ2n) is 14.8. The molecule has 1 aliphatic rings. The summed E-state index contributed by atoms with van der Waals surface area (Å²) in [6, 6.07) is 60.1. The van der Waals surface area contributed by atoms with Gasteiger partial charge in [-0.3, -0.25) is 0 Å². The van der Waals surface area contributed by atoms with Gasteiger partial charge in [-0.05, 0) is 92.7 Å². The van der Waals surface area contributed by atoms with Crippen molar-refractivity contribution in [2.45, 2.75) is 19.3 Å². The van der Waals surface area contributed by atoms with Crippen molar-refractivity contribution in [3.63, 3.8) is 0 Å². The predicted molar refractivity (Wildman–Crippen MR) is 222 cm³/mol. The van der Waals surface area contributed by atoms with Gasteiger partial charge in [0.25, 0.3) is 0 Å². The first kappa shape index (κ1) is 30.7. The van der Waals surface area contributed by atoms with Crippen molar-refractivity contribution in [1.29, 1.82) is 0 Å². The van der Waals surface area contributed by atoms with E-state index in [1.807, 2.05) is 48.5 Å². The first-order chi connectivity index (χ1) is 26.5. The smallest absolute Gasteiger partial charge is 0.227 e. The highest BCUT2D eigenvalue weighted by Crippen LogP contribution is 2.53. The van der Waals surface area contributed by atoms with Crippen molar-refractivity contribution in [2.75, 3.05) is 4.90 Å². The average Bonchev–Trinajstić information content (AvgIpc) is 3.88. The summed E-state index contributed by atoms with van der Waals surface area (Å²) in [4.78, 5) is 7.41. The van der Waals surface area contributed by atoms with Crippen LogP contribution in [0.15, 0.2) is 179 Å². The van der Waals surface area contributed by atoms with Gasteiger partial charge >= 0.3 is 0 Å². The standard InChI is InChI=1S/C50H34N2O2/c1-50(2)41-18-10-8-16-38(41)39-27-26-37(29-42(39)50)52(36-24-22-32(23-25-36)35-21-20-31-12-6-7-15-34(31)28-35)47-46-40-17-9-11-19-44(40)53-45(46)30-43-48(47)54-49(51-43)33-13-4-3-5-14-33/h3-30H,1-2H3. The van der Waals surface area contributed by atoms with Crippen molar-refractivity contribution in [3.8, 4) is 33.7 Å². The van der Waals surface area contributed by atoms with E-state index < -0.39 is 0 Å². The third-order valence-electron chi connectivity index (χ3n) is 11.3. The molecule has 1 aliphatic carbocycles. The van der Waals surface area contributed by atoms with Crippen molar-refractivity contribution >= 4 is 60.9 Å². The molecule has 0 aliphatic heterocycles. The van der Waals surface area contributed by atoms with Crippen LogP contribution < -0.4 is 4.90 Å². The predicted octanol–water partition coefficient (Wildman–Crippen LogP) is 14.0. The van der Waals surface area contributed by atoms with Crippen LogP contribution >= 0.6 is 0 Å². The van der Waals surface area contributed by atoms with E-state index in [1.54, 1.807) is 0 Å². The van der Waals surface area contributed by atoms with E-state index in [0.29, 0.717) is 11.5 Å². The van der Waals surface area contributed by atoms with Crippen molar-refractivity contribution < 1.29 is 8.83 Å². The molecular weight excluding hydrogens is 661 g/mol. The number of aromatic nitrogens is 1. The molecule has 2 aromatic heterocycles. The van der Waals surface area contributed by atoms with E-state index in [-0.39, 0.29) is 5.41 Å². The van der Waals surface area contributed by atoms with Gasteiger partial charge in [-0.2, -0.15) is 0 Å². The van der Waals surface area contributed by atoms with Gasteiger partial charge in [0.1, 0.15) is 22.4 Å². The topological polar surface area (TPSA) is 42.4 Å². The van der Waals surface area contributed by atoms with E-state index in [1.165, 1.54) is 38.6 Å². The Morgan fingerprint density at radius 3 is 2.07 bits per heavy atom. The molecule has 11 rings (SSSR count). The first-order valence-electron chi connectivity index (χ1n) is 18.5. The lowest BCUT2D eigenvalue weighted by molar-refractivity contribution is 0.620. The van der Waals surface area contributed by atoms with Crippen LogP contribution in [0.3, 0.4) is 0 Å². The number of rotatable bonds is 5. The van der Waals surface area contributed by atoms with E-state index >= 15 is 0 Å². The van der Waals surface area contributed by atoms with Crippen LogP contribution in [0.25, 0.3) is 77.5 Å². The number of benzene rings is 8. The molecule has 0 atom stereocenters. The molecule has 0 N–H and O–H groups in total. The molecule has 0 spiro atoms. The second-order valence-corrected chi connectivity index (χ2v) is 14.8. The lowest BCUT2D eigenvalue weighted by atomic mass is 9.82. The maximum Gasteiger partial charge on any atom is 0.227 e. The summed E-state index contributed by atoms with van der Waals surface area (Å²) in [6.07, 6.45) is 0. The summed E-state index contributed by atoms with van der Waals surface area (Å²) in [5.74, 6) is 0.570. The average molecular weight is 695 g/mol. The third kappa shape index (κ3) is 4.60. The second kappa shape index (κ2) is 11.5. The summed E-state index contributed by atoms with van der Waals surface area (Å²) < 4.78 is 13.5. The zero-order chi connectivity index (χ0) is 36.0. The maximum absolute atomic E-state index is 6.86. The molecule has 0 saturated heterocycles. The van der Waals surface area contributed by atoms with Gasteiger partial charge in [0.05, 0.1) is 5.39 Å². The van der Waals surface area contributed by atoms with Crippen LogP contribution in [0, 0.1) is 0 Å². The molecule has 2 heterocycles. The highest BCUT2D eigenvalue weighted by molar-refractivity contribution is 6.20. The summed E-state index contributed by atoms with van der Waals surface area (Å²) in [5, 5.41) is 4.46. The third-order valence-corrected chi connectivity index (χ3v) is 11.3. The number of hydrogen-bond donors (Lipinski definition) is 0. The Morgan fingerprint density at radius 1 is 0.500 bits per heavy atom. The largest absolute Gasteiger partial charge is 0.456 e. The molecule has 4 nitrogen and oxygen atoms in total. The van der Waals surface area contributed by atoms with E-state index in [9.17, 15) is 0 Å². The molecule has 0 radical (unpaired) electrons. The van der Waals surface area contributed by atoms with Gasteiger partial charge in [0, 0.05) is 33.8 Å². The summed E-state index contributed by atoms with van der Waals surface area (Å²) in [7, 11) is 0. The number of anilines is 3. The molecule has 10 aromatic rings. The molecule has 0 saturated carbocycles. The molecule has 0 fully saturated rings. The molecule has 54 heavy (non-hydrogen) atoms. The van der Waals surface area contributed by atoms with Gasteiger partial charge in [0.2, 0.25) is 5.89 Å². The lowest BCUT2D eigenvalue weighted by Crippen LogP contribution is -2.16. The Balaban J connectivity index is 1.18. The monoisotopic (exact) mass is 694 g/mol. The van der Waals surface area contributed by atoms with Gasteiger partial charge in [0.15, 0.2) is 5.58 Å². The minimum absolute atomic E-state index is 0.177. The highest BCUT2D eigenvalue weighted by atomic mass is 16.4. The van der Waals surface area contributed by atoms with Crippen LogP contribution in [0.5, 0.6) is 0 Å². The van der Waals surface area contributed by atoms with Crippen molar-refractivity contribution in [3.05, 3.63) is 181 Å². The van der Waals surface area contributed by atoms with Crippen LogP contribution in [-0.4, -0.2) is 4.98 Å². The van der Waals surface area contributed by atoms with Crippen LogP contribution in [0.1, 0.15) is 25.0 Å².